The topological polar surface area (TPSA) is 59.7 Å². The van der Waals surface area contributed by atoms with Gasteiger partial charge in [-0.2, -0.15) is 5.10 Å². The molecule has 1 N–H and O–H groups in total. The zero-order valence-corrected chi connectivity index (χ0v) is 10.5. The Balaban J connectivity index is 2.25. The molecule has 0 aliphatic heterocycles. The predicted molar refractivity (Wildman–Crippen MR) is 64.1 cm³/mol. The molecule has 1 atom stereocenters. The van der Waals surface area contributed by atoms with Crippen molar-refractivity contribution in [2.45, 2.75) is 39.4 Å². The largest absolute Gasteiger partial charge is 0.486 e. The number of fused-ring (bicyclic) bond motifs is 1. The highest BCUT2D eigenvalue weighted by atomic mass is 16.5. The van der Waals surface area contributed by atoms with E-state index in [1.165, 1.54) is 0 Å². The Morgan fingerprint density at radius 1 is 1.41 bits per heavy atom. The van der Waals surface area contributed by atoms with E-state index in [9.17, 15) is 5.11 Å². The molecule has 0 aliphatic rings. The number of aryl methyl sites for hydroxylation is 1. The second-order valence-corrected chi connectivity index (χ2v) is 4.77. The van der Waals surface area contributed by atoms with Gasteiger partial charge in [-0.25, -0.2) is 9.50 Å². The van der Waals surface area contributed by atoms with Crippen molar-refractivity contribution >= 4 is 5.65 Å². The van der Waals surface area contributed by atoms with Gasteiger partial charge < -0.3 is 9.84 Å². The number of aliphatic hydroxyl groups is 1. The lowest BCUT2D eigenvalue weighted by molar-refractivity contribution is -0.0243. The summed E-state index contributed by atoms with van der Waals surface area (Å²) < 4.78 is 7.37. The van der Waals surface area contributed by atoms with Crippen LogP contribution in [0.4, 0.5) is 0 Å². The second kappa shape index (κ2) is 4.00. The van der Waals surface area contributed by atoms with Crippen LogP contribution in [0.15, 0.2) is 18.5 Å². The van der Waals surface area contributed by atoms with Crippen LogP contribution < -0.4 is 4.74 Å². The highest BCUT2D eigenvalue weighted by molar-refractivity contribution is 5.43. The third-order valence-corrected chi connectivity index (χ3v) is 2.81. The fourth-order valence-electron chi connectivity index (χ4n) is 1.39. The molecular weight excluding hydrogens is 218 g/mol. The molecule has 0 amide bonds. The Hall–Kier alpha value is -1.62. The summed E-state index contributed by atoms with van der Waals surface area (Å²) in [7, 11) is 0. The van der Waals surface area contributed by atoms with Gasteiger partial charge in [-0.1, -0.05) is 0 Å². The van der Waals surface area contributed by atoms with Crippen LogP contribution in [0.5, 0.6) is 5.75 Å². The summed E-state index contributed by atoms with van der Waals surface area (Å²) in [5.74, 6) is 0.609. The Morgan fingerprint density at radius 3 is 2.76 bits per heavy atom. The molecule has 0 spiro atoms. The van der Waals surface area contributed by atoms with E-state index in [1.54, 1.807) is 30.8 Å². The molecule has 2 heterocycles. The number of hydrogen-bond acceptors (Lipinski definition) is 4. The van der Waals surface area contributed by atoms with Crippen molar-refractivity contribution in [1.29, 1.82) is 0 Å². The van der Waals surface area contributed by atoms with Crippen molar-refractivity contribution in [2.24, 2.45) is 0 Å². The fraction of sp³-hybridized carbons (Fsp3) is 0.500. The fourth-order valence-corrected chi connectivity index (χ4v) is 1.39. The van der Waals surface area contributed by atoms with Gasteiger partial charge >= 0.3 is 0 Å². The summed E-state index contributed by atoms with van der Waals surface area (Å²) in [5.41, 5.74) is 0.822. The van der Waals surface area contributed by atoms with Crippen molar-refractivity contribution in [1.82, 2.24) is 14.6 Å². The van der Waals surface area contributed by atoms with Crippen molar-refractivity contribution < 1.29 is 9.84 Å². The zero-order valence-electron chi connectivity index (χ0n) is 10.5. The third kappa shape index (κ3) is 2.39. The van der Waals surface area contributed by atoms with E-state index in [0.717, 1.165) is 11.3 Å². The highest BCUT2D eigenvalue weighted by Gasteiger charge is 2.24. The summed E-state index contributed by atoms with van der Waals surface area (Å²) >= 11 is 0. The summed E-state index contributed by atoms with van der Waals surface area (Å²) in [6, 6.07) is 1.81. The van der Waals surface area contributed by atoms with E-state index in [1.807, 2.05) is 19.9 Å². The molecule has 0 aliphatic carbocycles. The molecule has 17 heavy (non-hydrogen) atoms. The maximum atomic E-state index is 9.80. The molecule has 5 nitrogen and oxygen atoms in total. The van der Waals surface area contributed by atoms with E-state index >= 15 is 0 Å². The van der Waals surface area contributed by atoms with E-state index in [-0.39, 0.29) is 6.10 Å². The van der Waals surface area contributed by atoms with Crippen LogP contribution >= 0.6 is 0 Å². The van der Waals surface area contributed by atoms with E-state index in [0.29, 0.717) is 5.75 Å². The number of nitrogens with zero attached hydrogens (tertiary/aromatic N) is 3. The van der Waals surface area contributed by atoms with Crippen LogP contribution in [0.25, 0.3) is 5.65 Å². The molecule has 2 rings (SSSR count). The molecule has 92 valence electrons. The standard InChI is InChI=1S/C12H17N3O2/c1-8-6-13-11-5-10(7-14-15(8)11)17-9(2)12(3,4)16/h5-7,9,16H,1-4H3/t9-/m0/s1. The van der Waals surface area contributed by atoms with Gasteiger partial charge in [0.2, 0.25) is 0 Å². The van der Waals surface area contributed by atoms with Crippen molar-refractivity contribution in [3.63, 3.8) is 0 Å². The molecule has 0 radical (unpaired) electrons. The van der Waals surface area contributed by atoms with Gasteiger partial charge in [-0.15, -0.1) is 0 Å². The van der Waals surface area contributed by atoms with Crippen LogP contribution in [0.3, 0.4) is 0 Å². The van der Waals surface area contributed by atoms with Gasteiger partial charge in [0.15, 0.2) is 5.65 Å². The quantitative estimate of drug-likeness (QED) is 0.877. The lowest BCUT2D eigenvalue weighted by Gasteiger charge is -2.26. The van der Waals surface area contributed by atoms with Crippen molar-refractivity contribution in [2.75, 3.05) is 0 Å². The monoisotopic (exact) mass is 235 g/mol. The van der Waals surface area contributed by atoms with Crippen LogP contribution in [0.1, 0.15) is 26.5 Å². The number of ether oxygens (including phenoxy) is 1. The Labute approximate surface area is 100 Å². The highest BCUT2D eigenvalue weighted by Crippen LogP contribution is 2.18. The molecule has 0 fully saturated rings. The minimum atomic E-state index is -0.891. The number of imidazole rings is 1. The zero-order chi connectivity index (χ0) is 12.6. The molecule has 2 aromatic heterocycles. The third-order valence-electron chi connectivity index (χ3n) is 2.81. The number of rotatable bonds is 3. The Kier molecular flexibility index (Phi) is 2.79. The minimum absolute atomic E-state index is 0.317. The first-order valence-electron chi connectivity index (χ1n) is 5.57. The van der Waals surface area contributed by atoms with Crippen molar-refractivity contribution in [3.8, 4) is 5.75 Å². The van der Waals surface area contributed by atoms with Gasteiger partial charge in [-0.3, -0.25) is 0 Å². The first kappa shape index (κ1) is 11.9. The number of aromatic nitrogens is 3. The summed E-state index contributed by atoms with van der Waals surface area (Å²) in [4.78, 5) is 4.21. The van der Waals surface area contributed by atoms with Crippen LogP contribution in [-0.2, 0) is 0 Å². The molecule has 0 bridgehead atoms. The first-order chi connectivity index (χ1) is 7.88. The molecule has 0 saturated carbocycles. The van der Waals surface area contributed by atoms with E-state index in [2.05, 4.69) is 10.1 Å². The molecular formula is C12H17N3O2. The predicted octanol–water partition coefficient (Wildman–Crippen LogP) is 1.58. The average Bonchev–Trinajstić information content (AvgIpc) is 2.59. The molecule has 0 saturated heterocycles. The van der Waals surface area contributed by atoms with Gasteiger partial charge in [0.05, 0.1) is 23.7 Å². The maximum Gasteiger partial charge on any atom is 0.157 e. The maximum absolute atomic E-state index is 9.80. The van der Waals surface area contributed by atoms with Gasteiger partial charge in [-0.05, 0) is 27.7 Å². The summed E-state index contributed by atoms with van der Waals surface area (Å²) in [6.07, 6.45) is 3.07. The lowest BCUT2D eigenvalue weighted by atomic mass is 10.0. The van der Waals surface area contributed by atoms with E-state index in [4.69, 9.17) is 4.74 Å². The van der Waals surface area contributed by atoms with Crippen LogP contribution in [0.2, 0.25) is 0 Å². The molecule has 0 unspecified atom stereocenters. The first-order valence-corrected chi connectivity index (χ1v) is 5.57. The molecule has 5 heteroatoms. The van der Waals surface area contributed by atoms with Gasteiger partial charge in [0.25, 0.3) is 0 Å². The van der Waals surface area contributed by atoms with E-state index < -0.39 is 5.60 Å². The van der Waals surface area contributed by atoms with Crippen molar-refractivity contribution in [3.05, 3.63) is 24.2 Å². The smallest absolute Gasteiger partial charge is 0.157 e. The average molecular weight is 235 g/mol. The minimum Gasteiger partial charge on any atom is -0.486 e. The van der Waals surface area contributed by atoms with Gasteiger partial charge in [0.1, 0.15) is 11.9 Å². The second-order valence-electron chi connectivity index (χ2n) is 4.77. The number of hydrogen-bond donors (Lipinski definition) is 1. The van der Waals surface area contributed by atoms with Gasteiger partial charge in [0, 0.05) is 6.07 Å². The lowest BCUT2D eigenvalue weighted by Crippen LogP contribution is -2.37. The van der Waals surface area contributed by atoms with Crippen LogP contribution in [0, 0.1) is 6.92 Å². The summed E-state index contributed by atoms with van der Waals surface area (Å²) in [6.45, 7) is 7.18. The molecule has 0 aromatic carbocycles. The Morgan fingerprint density at radius 2 is 2.12 bits per heavy atom. The Bertz CT molecular complexity index is 528. The molecule has 2 aromatic rings. The normalized spacial score (nSPS) is 13.9. The SMILES string of the molecule is Cc1cnc2cc(O[C@@H](C)C(C)(C)O)cnn12. The summed E-state index contributed by atoms with van der Waals surface area (Å²) in [5, 5.41) is 14.0. The van der Waals surface area contributed by atoms with Crippen LogP contribution in [-0.4, -0.2) is 31.4 Å².